The summed E-state index contributed by atoms with van der Waals surface area (Å²) in [6.07, 6.45) is 0. The van der Waals surface area contributed by atoms with Crippen molar-refractivity contribution in [1.29, 1.82) is 0 Å². The van der Waals surface area contributed by atoms with E-state index in [1.165, 1.54) is 12.1 Å². The zero-order chi connectivity index (χ0) is 26.7. The van der Waals surface area contributed by atoms with Gasteiger partial charge in [-0.1, -0.05) is 29.3 Å². The number of nitrogens with one attached hydrogen (secondary N) is 1. The summed E-state index contributed by atoms with van der Waals surface area (Å²) in [5.41, 5.74) is 8.79. The van der Waals surface area contributed by atoms with Crippen LogP contribution in [-0.4, -0.2) is 67.5 Å². The van der Waals surface area contributed by atoms with E-state index in [1.54, 1.807) is 17.0 Å². The summed E-state index contributed by atoms with van der Waals surface area (Å²) >= 11 is 12.7. The van der Waals surface area contributed by atoms with Gasteiger partial charge in [0, 0.05) is 66.2 Å². The molecule has 12 heteroatoms. The first kappa shape index (κ1) is 26.5. The first-order valence-electron chi connectivity index (χ1n) is 11.6. The van der Waals surface area contributed by atoms with Gasteiger partial charge in [0.15, 0.2) is 0 Å². The van der Waals surface area contributed by atoms with Crippen LogP contribution in [0, 0.1) is 10.1 Å². The molecule has 0 aliphatic carbocycles. The smallest absolute Gasteiger partial charge is 0.311 e. The average molecular weight is 544 g/mol. The lowest BCUT2D eigenvalue weighted by molar-refractivity contribution is -0.384. The van der Waals surface area contributed by atoms with E-state index in [9.17, 15) is 14.9 Å². The highest BCUT2D eigenvalue weighted by Gasteiger charge is 2.26. The van der Waals surface area contributed by atoms with Crippen LogP contribution >= 0.6 is 23.2 Å². The molecular formula is C25H27Cl2N7O3. The lowest BCUT2D eigenvalue weighted by Crippen LogP contribution is -2.49. The number of benzene rings is 2. The van der Waals surface area contributed by atoms with E-state index in [1.807, 2.05) is 48.2 Å². The summed E-state index contributed by atoms with van der Waals surface area (Å²) in [6.45, 7) is 2.81. The Morgan fingerprint density at radius 2 is 1.92 bits per heavy atom. The molecule has 2 heterocycles. The first-order chi connectivity index (χ1) is 17.6. The SMILES string of the molecule is CN1CCN(c2ccc(N(C)CCNc3ccc([N+](=O)[O-])c(N)n3)cc2-c2ccc(Cl)cc2Cl)C(=O)C1. The van der Waals surface area contributed by atoms with Crippen molar-refractivity contribution in [3.05, 3.63) is 68.7 Å². The van der Waals surface area contributed by atoms with Gasteiger partial charge in [-0.15, -0.1) is 0 Å². The number of nitrogens with two attached hydrogens (primary N) is 1. The Labute approximate surface area is 224 Å². The van der Waals surface area contributed by atoms with Gasteiger partial charge in [0.1, 0.15) is 5.82 Å². The zero-order valence-corrected chi connectivity index (χ0v) is 22.0. The number of anilines is 4. The molecule has 1 saturated heterocycles. The maximum atomic E-state index is 12.9. The van der Waals surface area contributed by atoms with Crippen LogP contribution in [0.5, 0.6) is 0 Å². The van der Waals surface area contributed by atoms with Crippen molar-refractivity contribution in [1.82, 2.24) is 9.88 Å². The molecule has 10 nitrogen and oxygen atoms in total. The van der Waals surface area contributed by atoms with Crippen LogP contribution in [0.4, 0.5) is 28.7 Å². The summed E-state index contributed by atoms with van der Waals surface area (Å²) in [5, 5.41) is 15.1. The van der Waals surface area contributed by atoms with Crippen molar-refractivity contribution in [3.63, 3.8) is 0 Å². The summed E-state index contributed by atoms with van der Waals surface area (Å²) in [7, 11) is 3.88. The number of carbonyl (C=O) groups excluding carboxylic acids is 1. The molecule has 2 aromatic carbocycles. The molecule has 1 aliphatic rings. The number of nitrogen functional groups attached to an aromatic ring is 1. The number of rotatable bonds is 8. The van der Waals surface area contributed by atoms with Crippen molar-refractivity contribution in [2.75, 3.05) is 67.7 Å². The number of nitro groups is 1. The van der Waals surface area contributed by atoms with E-state index in [4.69, 9.17) is 28.9 Å². The van der Waals surface area contributed by atoms with Crippen LogP contribution in [0.15, 0.2) is 48.5 Å². The van der Waals surface area contributed by atoms with Crippen molar-refractivity contribution in [3.8, 4) is 11.1 Å². The largest absolute Gasteiger partial charge is 0.378 e. The molecule has 0 bridgehead atoms. The second kappa shape index (κ2) is 11.2. The predicted molar refractivity (Wildman–Crippen MR) is 149 cm³/mol. The third-order valence-corrected chi connectivity index (χ3v) is 6.74. The molecule has 0 unspecified atom stereocenters. The highest BCUT2D eigenvalue weighted by Crippen LogP contribution is 2.39. The molecule has 3 N–H and O–H groups in total. The maximum absolute atomic E-state index is 12.9. The van der Waals surface area contributed by atoms with E-state index in [2.05, 4.69) is 10.3 Å². The van der Waals surface area contributed by atoms with Gasteiger partial charge in [-0.3, -0.25) is 19.8 Å². The Kier molecular flexibility index (Phi) is 8.01. The van der Waals surface area contributed by atoms with Crippen LogP contribution in [0.3, 0.4) is 0 Å². The maximum Gasteiger partial charge on any atom is 0.311 e. The fraction of sp³-hybridized carbons (Fsp3) is 0.280. The van der Waals surface area contributed by atoms with Gasteiger partial charge < -0.3 is 20.9 Å². The van der Waals surface area contributed by atoms with Crippen molar-refractivity contribution in [2.24, 2.45) is 0 Å². The second-order valence-electron chi connectivity index (χ2n) is 8.82. The fourth-order valence-corrected chi connectivity index (χ4v) is 4.68. The van der Waals surface area contributed by atoms with Crippen molar-refractivity contribution >= 4 is 57.8 Å². The molecular weight excluding hydrogens is 517 g/mol. The molecule has 194 valence electrons. The van der Waals surface area contributed by atoms with E-state index in [-0.39, 0.29) is 17.4 Å². The number of piperazine rings is 1. The molecule has 1 aromatic heterocycles. The molecule has 0 radical (unpaired) electrons. The molecule has 1 amide bonds. The van der Waals surface area contributed by atoms with Crippen molar-refractivity contribution in [2.45, 2.75) is 0 Å². The van der Waals surface area contributed by atoms with Crippen LogP contribution in [-0.2, 0) is 4.79 Å². The first-order valence-corrected chi connectivity index (χ1v) is 12.3. The number of aromatic nitrogens is 1. The van der Waals surface area contributed by atoms with E-state index >= 15 is 0 Å². The van der Waals surface area contributed by atoms with Gasteiger partial charge in [-0.05, 0) is 43.4 Å². The quantitative estimate of drug-likeness (QED) is 0.317. The molecule has 4 rings (SSSR count). The Morgan fingerprint density at radius 1 is 1.14 bits per heavy atom. The number of carbonyl (C=O) groups is 1. The Hall–Kier alpha value is -3.60. The molecule has 0 saturated carbocycles. The minimum atomic E-state index is -0.566. The van der Waals surface area contributed by atoms with Gasteiger partial charge in [-0.2, -0.15) is 0 Å². The zero-order valence-electron chi connectivity index (χ0n) is 20.4. The van der Waals surface area contributed by atoms with Gasteiger partial charge in [0.05, 0.1) is 17.2 Å². The van der Waals surface area contributed by atoms with Gasteiger partial charge in [0.25, 0.3) is 0 Å². The molecule has 3 aromatic rings. The molecule has 0 atom stereocenters. The summed E-state index contributed by atoms with van der Waals surface area (Å²) in [4.78, 5) is 33.1. The number of hydrogen-bond acceptors (Lipinski definition) is 8. The lowest BCUT2D eigenvalue weighted by atomic mass is 10.0. The molecule has 37 heavy (non-hydrogen) atoms. The summed E-state index contributed by atoms with van der Waals surface area (Å²) < 4.78 is 0. The average Bonchev–Trinajstić information content (AvgIpc) is 2.84. The number of likely N-dealkylation sites (N-methyl/N-ethyl adjacent to an activating group) is 2. The van der Waals surface area contributed by atoms with Gasteiger partial charge in [-0.25, -0.2) is 4.98 Å². The Morgan fingerprint density at radius 3 is 2.59 bits per heavy atom. The van der Waals surface area contributed by atoms with E-state index in [0.29, 0.717) is 42.0 Å². The number of halogens is 2. The Bertz CT molecular complexity index is 1340. The van der Waals surface area contributed by atoms with Crippen molar-refractivity contribution < 1.29 is 9.72 Å². The van der Waals surface area contributed by atoms with Gasteiger partial charge in [0.2, 0.25) is 11.7 Å². The van der Waals surface area contributed by atoms with E-state index in [0.717, 1.165) is 29.0 Å². The second-order valence-corrected chi connectivity index (χ2v) is 9.66. The number of amides is 1. The van der Waals surface area contributed by atoms with E-state index < -0.39 is 4.92 Å². The number of hydrogen-bond donors (Lipinski definition) is 2. The van der Waals surface area contributed by atoms with Crippen LogP contribution in [0.1, 0.15) is 0 Å². The molecule has 1 fully saturated rings. The number of nitrogens with zero attached hydrogens (tertiary/aromatic N) is 5. The predicted octanol–water partition coefficient (Wildman–Crippen LogP) is 4.37. The third-order valence-electron chi connectivity index (χ3n) is 6.20. The van der Waals surface area contributed by atoms with Crippen LogP contribution in [0.25, 0.3) is 11.1 Å². The normalized spacial score (nSPS) is 14.1. The standard InChI is InChI=1S/C25H27Cl2N7O3/c1-31-11-12-33(24(35)15-31)21-6-4-17(14-19(21)18-5-3-16(26)13-20(18)27)32(2)10-9-29-23-8-7-22(34(36)37)25(28)30-23/h3-8,13-14H,9-12,15H2,1-2H3,(H3,28,29,30). The topological polar surface area (TPSA) is 121 Å². The third kappa shape index (κ3) is 6.04. The monoisotopic (exact) mass is 543 g/mol. The fourth-order valence-electron chi connectivity index (χ4n) is 4.17. The minimum absolute atomic E-state index is 0.0280. The molecule has 0 spiro atoms. The molecule has 1 aliphatic heterocycles. The lowest BCUT2D eigenvalue weighted by Gasteiger charge is -2.34. The van der Waals surface area contributed by atoms with Crippen LogP contribution in [0.2, 0.25) is 10.0 Å². The summed E-state index contributed by atoms with van der Waals surface area (Å²) in [5.74, 6) is 0.344. The van der Waals surface area contributed by atoms with Crippen LogP contribution < -0.4 is 20.9 Å². The van der Waals surface area contributed by atoms with Gasteiger partial charge >= 0.3 is 5.69 Å². The highest BCUT2D eigenvalue weighted by atomic mass is 35.5. The summed E-state index contributed by atoms with van der Waals surface area (Å²) in [6, 6.07) is 14.1. The highest BCUT2D eigenvalue weighted by molar-refractivity contribution is 6.36. The minimum Gasteiger partial charge on any atom is -0.378 e. The number of pyridine rings is 1. The Balaban J connectivity index is 1.56.